The third-order valence-corrected chi connectivity index (χ3v) is 2.65. The Labute approximate surface area is 142 Å². The van der Waals surface area contributed by atoms with Crippen molar-refractivity contribution in [2.24, 2.45) is 0 Å². The van der Waals surface area contributed by atoms with Gasteiger partial charge < -0.3 is 5.11 Å². The molecule has 0 heterocycles. The van der Waals surface area contributed by atoms with E-state index in [0.717, 1.165) is 25.5 Å². The number of hydrogen-bond donors (Lipinski definition) is 1. The van der Waals surface area contributed by atoms with Gasteiger partial charge in [-0.05, 0) is 31.4 Å². The number of carbonyl (C=O) groups excluding carboxylic acids is 1. The number of aromatic hydroxyl groups is 1. The van der Waals surface area contributed by atoms with Crippen LogP contribution in [0.5, 0.6) is 5.75 Å². The molecule has 2 rings (SSSR count). The number of rotatable bonds is 1. The molecule has 136 valence electrons. The predicted molar refractivity (Wildman–Crippen MR) is 93.1 cm³/mol. The Balaban J connectivity index is 0. The molecule has 0 unspecified atom stereocenters. The zero-order chi connectivity index (χ0) is 19.3. The highest BCUT2D eigenvalue weighted by atomic mass is 19.1. The molecule has 0 bridgehead atoms. The Morgan fingerprint density at radius 3 is 2.12 bits per heavy atom. The van der Waals surface area contributed by atoms with Crippen LogP contribution in [0.1, 0.15) is 63.4 Å². The summed E-state index contributed by atoms with van der Waals surface area (Å²) in [6, 6.07) is 2.31. The molecule has 24 heavy (non-hydrogen) atoms. The van der Waals surface area contributed by atoms with E-state index in [1.165, 1.54) is 6.07 Å². The molecule has 5 heteroatoms. The van der Waals surface area contributed by atoms with Gasteiger partial charge in [0.1, 0.15) is 17.4 Å². The zero-order valence-corrected chi connectivity index (χ0v) is 15.0. The Hall–Kier alpha value is -2.04. The van der Waals surface area contributed by atoms with E-state index in [1.54, 1.807) is 0 Å². The summed E-state index contributed by atoms with van der Waals surface area (Å²) in [5.74, 6) is -2.10. The van der Waals surface area contributed by atoms with E-state index in [4.69, 9.17) is 0 Å². The highest BCUT2D eigenvalue weighted by molar-refractivity contribution is 6.00. The van der Waals surface area contributed by atoms with Crippen molar-refractivity contribution < 1.29 is 23.1 Å². The average Bonchev–Trinajstić information content (AvgIpc) is 2.50. The van der Waals surface area contributed by atoms with Crippen molar-refractivity contribution in [3.05, 3.63) is 53.4 Å². The summed E-state index contributed by atoms with van der Waals surface area (Å²) < 4.78 is 35.8. The van der Waals surface area contributed by atoms with Crippen LogP contribution in [0.25, 0.3) is 0 Å². The number of benzene rings is 1. The maximum atomic E-state index is 12.8. The molecule has 2 nitrogen and oxygen atoms in total. The minimum atomic E-state index is -0.750. The molecule has 0 amide bonds. The van der Waals surface area contributed by atoms with Crippen molar-refractivity contribution in [3.8, 4) is 5.75 Å². The molecule has 1 aromatic carbocycles. The molecule has 0 saturated carbocycles. The topological polar surface area (TPSA) is 37.3 Å². The highest BCUT2D eigenvalue weighted by Crippen LogP contribution is 2.29. The summed E-state index contributed by atoms with van der Waals surface area (Å²) in [4.78, 5) is 11.3. The third-order valence-electron chi connectivity index (χ3n) is 2.65. The molecule has 0 aromatic heterocycles. The molecule has 0 spiro atoms. The van der Waals surface area contributed by atoms with Gasteiger partial charge in [-0.15, -0.1) is 0 Å². The number of fused-ring (bicyclic) bond motifs is 1. The zero-order valence-electron chi connectivity index (χ0n) is 15.0. The Morgan fingerprint density at radius 2 is 1.71 bits per heavy atom. The maximum absolute atomic E-state index is 12.8. The Kier molecular flexibility index (Phi) is 13.5. The van der Waals surface area contributed by atoms with Gasteiger partial charge >= 0.3 is 0 Å². The lowest BCUT2D eigenvalue weighted by molar-refractivity contribution is 0.0969. The van der Waals surface area contributed by atoms with E-state index in [1.807, 2.05) is 27.7 Å². The van der Waals surface area contributed by atoms with Crippen molar-refractivity contribution in [2.45, 2.75) is 53.9 Å². The molecule has 1 aromatic rings. The van der Waals surface area contributed by atoms with Crippen LogP contribution in [0.2, 0.25) is 0 Å². The van der Waals surface area contributed by atoms with Crippen LogP contribution in [-0.4, -0.2) is 10.9 Å². The monoisotopic (exact) mass is 344 g/mol. The summed E-state index contributed by atoms with van der Waals surface area (Å²) in [6.07, 6.45) is 2.59. The minimum Gasteiger partial charge on any atom is -0.507 e. The van der Waals surface area contributed by atoms with Gasteiger partial charge in [-0.1, -0.05) is 34.3 Å². The maximum Gasteiger partial charge on any atom is 0.166 e. The fraction of sp³-hybridized carbons (Fsp3) is 0.421. The van der Waals surface area contributed by atoms with Gasteiger partial charge in [-0.2, -0.15) is 0 Å². The average molecular weight is 344 g/mol. The van der Waals surface area contributed by atoms with E-state index in [-0.39, 0.29) is 11.5 Å². The number of ketones is 1. The second-order valence-electron chi connectivity index (χ2n) is 4.41. The lowest BCUT2D eigenvalue weighted by Crippen LogP contribution is -2.11. The molecule has 0 atom stereocenters. The largest absolute Gasteiger partial charge is 0.507 e. The standard InChI is InChI=1S/C10H9FO2.C5H6F2.2C2H6/c11-7-4-6-2-1-3-8(12)10(6)9(13)5-7;1-4(6)3-5(2)7;2*1-2/h4-5,13H,1-3H2;3H,1H2,2H3;2*1-2H3/b;5-3+;;. The predicted octanol–water partition coefficient (Wildman–Crippen LogP) is 6.45. The van der Waals surface area contributed by atoms with Crippen LogP contribution in [0.3, 0.4) is 0 Å². The smallest absolute Gasteiger partial charge is 0.166 e. The molecule has 1 aliphatic carbocycles. The third kappa shape index (κ3) is 9.18. The number of carbonyl (C=O) groups is 1. The number of Topliss-reactive ketones (excluding diaryl/α,β-unsaturated/α-hetero) is 1. The van der Waals surface area contributed by atoms with Crippen molar-refractivity contribution in [1.82, 2.24) is 0 Å². The Bertz CT molecular complexity index is 560. The molecule has 0 radical (unpaired) electrons. The molecule has 1 aliphatic rings. The van der Waals surface area contributed by atoms with Gasteiger partial charge in [0.2, 0.25) is 0 Å². The van der Waals surface area contributed by atoms with E-state index >= 15 is 0 Å². The lowest BCUT2D eigenvalue weighted by Gasteiger charge is -2.15. The molecular formula is C19H27F3O2. The molecule has 0 saturated heterocycles. The van der Waals surface area contributed by atoms with Gasteiger partial charge in [0, 0.05) is 18.6 Å². The van der Waals surface area contributed by atoms with Crippen LogP contribution in [-0.2, 0) is 6.42 Å². The minimum absolute atomic E-state index is 0.0845. The fourth-order valence-corrected chi connectivity index (χ4v) is 1.95. The van der Waals surface area contributed by atoms with Crippen LogP contribution in [0.4, 0.5) is 13.2 Å². The first-order chi connectivity index (χ1) is 11.3. The fourth-order valence-electron chi connectivity index (χ4n) is 1.95. The van der Waals surface area contributed by atoms with E-state index in [9.17, 15) is 23.1 Å². The van der Waals surface area contributed by atoms with Crippen LogP contribution in [0.15, 0.2) is 36.4 Å². The van der Waals surface area contributed by atoms with E-state index in [0.29, 0.717) is 24.0 Å². The molecule has 0 aliphatic heterocycles. The van der Waals surface area contributed by atoms with Crippen LogP contribution in [0, 0.1) is 5.82 Å². The molecule has 0 fully saturated rings. The number of halogens is 3. The normalized spacial score (nSPS) is 12.3. The van der Waals surface area contributed by atoms with Gasteiger partial charge in [-0.25, -0.2) is 13.2 Å². The van der Waals surface area contributed by atoms with Gasteiger partial charge in [0.05, 0.1) is 11.4 Å². The second-order valence-corrected chi connectivity index (χ2v) is 4.41. The quantitative estimate of drug-likeness (QED) is 0.595. The van der Waals surface area contributed by atoms with Crippen molar-refractivity contribution in [3.63, 3.8) is 0 Å². The number of aryl methyl sites for hydroxylation is 1. The summed E-state index contributed by atoms with van der Waals surface area (Å²) >= 11 is 0. The Morgan fingerprint density at radius 1 is 1.17 bits per heavy atom. The van der Waals surface area contributed by atoms with E-state index in [2.05, 4.69) is 6.58 Å². The first kappa shape index (κ1) is 24.2. The van der Waals surface area contributed by atoms with Crippen molar-refractivity contribution in [1.29, 1.82) is 0 Å². The highest BCUT2D eigenvalue weighted by Gasteiger charge is 2.21. The SMILES string of the molecule is C=C(F)/C=C(\C)F.CC.CC.O=C1CCCc2cc(F)cc(O)c21. The first-order valence-electron chi connectivity index (χ1n) is 8.04. The number of hydrogen-bond acceptors (Lipinski definition) is 2. The molecular weight excluding hydrogens is 317 g/mol. The number of allylic oxidation sites excluding steroid dienone is 3. The summed E-state index contributed by atoms with van der Waals surface area (Å²) in [5, 5.41) is 9.35. The summed E-state index contributed by atoms with van der Waals surface area (Å²) in [5.41, 5.74) is 0.946. The lowest BCUT2D eigenvalue weighted by atomic mass is 9.90. The van der Waals surface area contributed by atoms with Gasteiger partial charge in [0.25, 0.3) is 0 Å². The first-order valence-corrected chi connectivity index (χ1v) is 8.04. The number of phenols is 1. The van der Waals surface area contributed by atoms with E-state index < -0.39 is 17.5 Å². The van der Waals surface area contributed by atoms with Crippen LogP contribution >= 0.6 is 0 Å². The van der Waals surface area contributed by atoms with Crippen LogP contribution < -0.4 is 0 Å². The van der Waals surface area contributed by atoms with Gasteiger partial charge in [-0.3, -0.25) is 4.79 Å². The second kappa shape index (κ2) is 13.4. The summed E-state index contributed by atoms with van der Waals surface area (Å²) in [7, 11) is 0. The molecule has 1 N–H and O–H groups in total. The van der Waals surface area contributed by atoms with Crippen molar-refractivity contribution in [2.75, 3.05) is 0 Å². The number of phenolic OH excluding ortho intramolecular Hbond substituents is 1. The van der Waals surface area contributed by atoms with Crippen molar-refractivity contribution >= 4 is 5.78 Å². The summed E-state index contributed by atoms with van der Waals surface area (Å²) in [6.45, 7) is 12.0. The van der Waals surface area contributed by atoms with Gasteiger partial charge in [0.15, 0.2) is 5.78 Å².